The van der Waals surface area contributed by atoms with Crippen LogP contribution >= 0.6 is 0 Å². The van der Waals surface area contributed by atoms with Crippen LogP contribution in [0.5, 0.6) is 0 Å². The highest BCUT2D eigenvalue weighted by Crippen LogP contribution is 2.13. The molecule has 0 atom stereocenters. The van der Waals surface area contributed by atoms with Gasteiger partial charge in [-0.1, -0.05) is 12.1 Å². The van der Waals surface area contributed by atoms with Crippen molar-refractivity contribution in [1.29, 1.82) is 5.26 Å². The molecule has 0 bridgehead atoms. The first-order valence-electron chi connectivity index (χ1n) is 6.64. The Labute approximate surface area is 132 Å². The maximum Gasteiger partial charge on any atom is 0.337 e. The van der Waals surface area contributed by atoms with Gasteiger partial charge in [-0.15, -0.1) is 0 Å². The summed E-state index contributed by atoms with van der Waals surface area (Å²) in [6.07, 6.45) is 4.31. The quantitative estimate of drug-likeness (QED) is 0.685. The van der Waals surface area contributed by atoms with Crippen LogP contribution in [0.2, 0.25) is 0 Å². The lowest BCUT2D eigenvalue weighted by atomic mass is 10.1. The molecule has 0 aliphatic carbocycles. The molecule has 0 unspecified atom stereocenters. The fraction of sp³-hybridized carbons (Fsp3) is 0.125. The number of nitriles is 1. The lowest BCUT2D eigenvalue weighted by molar-refractivity contribution is -0.111. The monoisotopic (exact) mass is 310 g/mol. The summed E-state index contributed by atoms with van der Waals surface area (Å²) in [7, 11) is 2.94. The van der Waals surface area contributed by atoms with Crippen LogP contribution in [0.25, 0.3) is 6.08 Å². The van der Waals surface area contributed by atoms with Gasteiger partial charge in [0.15, 0.2) is 0 Å². The van der Waals surface area contributed by atoms with Crippen molar-refractivity contribution in [2.75, 3.05) is 12.4 Å². The van der Waals surface area contributed by atoms with Crippen molar-refractivity contribution in [3.05, 3.63) is 53.2 Å². The van der Waals surface area contributed by atoms with Crippen LogP contribution in [0.3, 0.4) is 0 Å². The van der Waals surface area contributed by atoms with Gasteiger partial charge in [-0.2, -0.15) is 10.4 Å². The molecule has 116 valence electrons. The molecule has 1 heterocycles. The summed E-state index contributed by atoms with van der Waals surface area (Å²) in [5.41, 5.74) is 1.47. The van der Waals surface area contributed by atoms with E-state index in [-0.39, 0.29) is 11.5 Å². The summed E-state index contributed by atoms with van der Waals surface area (Å²) in [4.78, 5) is 23.2. The maximum atomic E-state index is 11.9. The van der Waals surface area contributed by atoms with E-state index >= 15 is 0 Å². The number of ether oxygens (including phenoxy) is 1. The van der Waals surface area contributed by atoms with Crippen molar-refractivity contribution < 1.29 is 14.3 Å². The van der Waals surface area contributed by atoms with Crippen LogP contribution < -0.4 is 5.32 Å². The van der Waals surface area contributed by atoms with Gasteiger partial charge in [0.05, 0.1) is 18.9 Å². The molecule has 0 saturated heterocycles. The SMILES string of the molecule is COC(=O)c1ccc(/C=C/C(=O)Nc2c(C#N)cnn2C)cc1. The highest BCUT2D eigenvalue weighted by atomic mass is 16.5. The minimum Gasteiger partial charge on any atom is -0.465 e. The van der Waals surface area contributed by atoms with Crippen LogP contribution in [0.1, 0.15) is 21.5 Å². The zero-order chi connectivity index (χ0) is 16.8. The van der Waals surface area contributed by atoms with Crippen molar-refractivity contribution in [2.45, 2.75) is 0 Å². The number of hydrogen-bond acceptors (Lipinski definition) is 5. The second-order valence-electron chi connectivity index (χ2n) is 4.58. The fourth-order valence-electron chi connectivity index (χ4n) is 1.85. The van der Waals surface area contributed by atoms with Crippen LogP contribution in [-0.4, -0.2) is 28.8 Å². The van der Waals surface area contributed by atoms with E-state index < -0.39 is 5.97 Å². The number of carbonyl (C=O) groups excluding carboxylic acids is 2. The Morgan fingerprint density at radius 2 is 2.04 bits per heavy atom. The van der Waals surface area contributed by atoms with Gasteiger partial charge in [-0.25, -0.2) is 4.79 Å². The molecule has 0 saturated carbocycles. The third kappa shape index (κ3) is 3.83. The van der Waals surface area contributed by atoms with E-state index in [1.165, 1.54) is 24.1 Å². The number of rotatable bonds is 4. The molecule has 1 amide bonds. The van der Waals surface area contributed by atoms with Crippen molar-refractivity contribution >= 4 is 23.8 Å². The zero-order valence-electron chi connectivity index (χ0n) is 12.6. The van der Waals surface area contributed by atoms with Crippen LogP contribution in [0.4, 0.5) is 5.82 Å². The van der Waals surface area contributed by atoms with Gasteiger partial charge in [0.1, 0.15) is 17.5 Å². The largest absolute Gasteiger partial charge is 0.465 e. The van der Waals surface area contributed by atoms with Crippen molar-refractivity contribution in [2.24, 2.45) is 7.05 Å². The molecule has 0 spiro atoms. The number of carbonyl (C=O) groups is 2. The number of aromatic nitrogens is 2. The van der Waals surface area contributed by atoms with E-state index in [2.05, 4.69) is 15.2 Å². The Balaban J connectivity index is 2.05. The third-order valence-corrected chi connectivity index (χ3v) is 3.06. The highest BCUT2D eigenvalue weighted by molar-refractivity contribution is 6.02. The molecule has 0 fully saturated rings. The van der Waals surface area contributed by atoms with Crippen LogP contribution in [0.15, 0.2) is 36.5 Å². The molecule has 2 aromatic rings. The minimum atomic E-state index is -0.418. The highest BCUT2D eigenvalue weighted by Gasteiger charge is 2.09. The lowest BCUT2D eigenvalue weighted by Gasteiger charge is -2.03. The smallest absolute Gasteiger partial charge is 0.337 e. The topological polar surface area (TPSA) is 97.0 Å². The number of methoxy groups -OCH3 is 1. The molecule has 1 N–H and O–H groups in total. The van der Waals surface area contributed by atoms with E-state index in [9.17, 15) is 9.59 Å². The van der Waals surface area contributed by atoms with Gasteiger partial charge in [0.25, 0.3) is 0 Å². The first-order valence-corrected chi connectivity index (χ1v) is 6.64. The second-order valence-corrected chi connectivity index (χ2v) is 4.58. The molecule has 0 radical (unpaired) electrons. The molecule has 1 aromatic heterocycles. The Hall–Kier alpha value is -3.40. The predicted octanol–water partition coefficient (Wildman–Crippen LogP) is 1.73. The normalized spacial score (nSPS) is 10.3. The summed E-state index contributed by atoms with van der Waals surface area (Å²) in [6.45, 7) is 0. The van der Waals surface area contributed by atoms with Crippen molar-refractivity contribution in [3.63, 3.8) is 0 Å². The van der Waals surface area contributed by atoms with E-state index in [0.717, 1.165) is 5.56 Å². The molecular formula is C16H14N4O3. The Morgan fingerprint density at radius 3 is 2.65 bits per heavy atom. The third-order valence-electron chi connectivity index (χ3n) is 3.06. The Bertz CT molecular complexity index is 798. The van der Waals surface area contributed by atoms with Crippen LogP contribution in [0, 0.1) is 11.3 Å². The molecule has 23 heavy (non-hydrogen) atoms. The Morgan fingerprint density at radius 1 is 1.35 bits per heavy atom. The first-order chi connectivity index (χ1) is 11.0. The Kier molecular flexibility index (Phi) is 4.89. The summed E-state index contributed by atoms with van der Waals surface area (Å²) in [5.74, 6) is -0.469. The minimum absolute atomic E-state index is 0.289. The van der Waals surface area contributed by atoms with Gasteiger partial charge in [-0.05, 0) is 23.8 Å². The molecule has 2 rings (SSSR count). The van der Waals surface area contributed by atoms with Gasteiger partial charge in [-0.3, -0.25) is 9.48 Å². The average molecular weight is 310 g/mol. The van der Waals surface area contributed by atoms with Crippen LogP contribution in [-0.2, 0) is 16.6 Å². The number of aryl methyl sites for hydroxylation is 1. The molecule has 7 nitrogen and oxygen atoms in total. The molecule has 0 aliphatic heterocycles. The summed E-state index contributed by atoms with van der Waals surface area (Å²) in [5, 5.41) is 15.4. The molecule has 1 aromatic carbocycles. The number of hydrogen-bond donors (Lipinski definition) is 1. The van der Waals surface area contributed by atoms with E-state index in [4.69, 9.17) is 5.26 Å². The standard InChI is InChI=1S/C16H14N4O3/c1-20-15(13(9-17)10-18-20)19-14(21)8-5-11-3-6-12(7-4-11)16(22)23-2/h3-8,10H,1-2H3,(H,19,21)/b8-5+. The molecule has 7 heteroatoms. The number of nitrogens with one attached hydrogen (secondary N) is 1. The summed E-state index contributed by atoms with van der Waals surface area (Å²) >= 11 is 0. The number of esters is 1. The number of anilines is 1. The zero-order valence-corrected chi connectivity index (χ0v) is 12.6. The maximum absolute atomic E-state index is 11.9. The van der Waals surface area contributed by atoms with E-state index in [1.54, 1.807) is 37.4 Å². The fourth-order valence-corrected chi connectivity index (χ4v) is 1.85. The summed E-state index contributed by atoms with van der Waals surface area (Å²) in [6, 6.07) is 8.56. The van der Waals surface area contributed by atoms with Gasteiger partial charge in [0, 0.05) is 13.1 Å². The van der Waals surface area contributed by atoms with E-state index in [0.29, 0.717) is 11.4 Å². The molecular weight excluding hydrogens is 296 g/mol. The van der Waals surface area contributed by atoms with Gasteiger partial charge in [0.2, 0.25) is 5.91 Å². The molecule has 0 aliphatic rings. The van der Waals surface area contributed by atoms with Crippen molar-refractivity contribution in [3.8, 4) is 6.07 Å². The van der Waals surface area contributed by atoms with Gasteiger partial charge >= 0.3 is 5.97 Å². The number of nitrogens with zero attached hydrogens (tertiary/aromatic N) is 3. The predicted molar refractivity (Wildman–Crippen MR) is 83.4 cm³/mol. The van der Waals surface area contributed by atoms with Crippen molar-refractivity contribution in [1.82, 2.24) is 9.78 Å². The lowest BCUT2D eigenvalue weighted by Crippen LogP contribution is -2.12. The number of benzene rings is 1. The second kappa shape index (κ2) is 7.04. The van der Waals surface area contributed by atoms with E-state index in [1.807, 2.05) is 6.07 Å². The van der Waals surface area contributed by atoms with Gasteiger partial charge < -0.3 is 10.1 Å². The first kappa shape index (κ1) is 16.0. The summed E-state index contributed by atoms with van der Waals surface area (Å²) < 4.78 is 6.02. The number of amides is 1. The average Bonchev–Trinajstić information content (AvgIpc) is 2.92.